The maximum absolute atomic E-state index is 13.4. The lowest BCUT2D eigenvalue weighted by atomic mass is 10.3. The number of anilines is 1. The number of halogens is 3. The number of aliphatic hydroxyl groups excluding tert-OH is 1. The molecule has 0 saturated heterocycles. The number of nitrogens with one attached hydrogen (secondary N) is 1. The van der Waals surface area contributed by atoms with Gasteiger partial charge in [-0.05, 0) is 6.07 Å². The topological polar surface area (TPSA) is 69.6 Å². The van der Waals surface area contributed by atoms with Crippen LogP contribution in [0.2, 0.25) is 10.0 Å². The highest BCUT2D eigenvalue weighted by atomic mass is 35.5. The first-order valence-electron chi connectivity index (χ1n) is 5.54. The average molecular weight is 319 g/mol. The minimum atomic E-state index is -0.705. The van der Waals surface area contributed by atoms with E-state index in [0.29, 0.717) is 0 Å². The molecule has 0 atom stereocenters. The zero-order chi connectivity index (χ0) is 14.9. The molecule has 0 fully saturated rings. The standard InChI is InChI=1S/C12H9Cl2FN2O3/c13-6-3-7(14)9(4-8(6)15)16-10-5-11(19)17(1-2-18)12(10)20/h3-5,16,18H,1-2H2. The smallest absolute Gasteiger partial charge is 0.277 e. The third-order valence-corrected chi connectivity index (χ3v) is 3.21. The SMILES string of the molecule is O=C1C=C(Nc2cc(F)c(Cl)cc2Cl)C(=O)N1CCO. The zero-order valence-corrected chi connectivity index (χ0v) is 11.5. The molecule has 0 unspecified atom stereocenters. The number of amides is 2. The van der Waals surface area contributed by atoms with Gasteiger partial charge in [0.1, 0.15) is 11.5 Å². The third kappa shape index (κ3) is 2.77. The van der Waals surface area contributed by atoms with Crippen molar-refractivity contribution in [3.8, 4) is 0 Å². The van der Waals surface area contributed by atoms with Crippen molar-refractivity contribution in [2.24, 2.45) is 0 Å². The Morgan fingerprint density at radius 2 is 1.95 bits per heavy atom. The monoisotopic (exact) mass is 318 g/mol. The van der Waals surface area contributed by atoms with Gasteiger partial charge in [0.15, 0.2) is 0 Å². The number of aliphatic hydroxyl groups is 1. The highest BCUT2D eigenvalue weighted by Gasteiger charge is 2.30. The molecule has 0 bridgehead atoms. The number of imide groups is 1. The molecule has 1 heterocycles. The van der Waals surface area contributed by atoms with Crippen LogP contribution in [0.1, 0.15) is 0 Å². The van der Waals surface area contributed by atoms with Gasteiger partial charge in [0, 0.05) is 12.1 Å². The Morgan fingerprint density at radius 1 is 1.25 bits per heavy atom. The molecule has 106 valence electrons. The Bertz CT molecular complexity index is 619. The minimum absolute atomic E-state index is 0.0490. The van der Waals surface area contributed by atoms with Crippen molar-refractivity contribution in [2.45, 2.75) is 0 Å². The van der Waals surface area contributed by atoms with E-state index >= 15 is 0 Å². The number of carbonyl (C=O) groups excluding carboxylic acids is 2. The van der Waals surface area contributed by atoms with Crippen LogP contribution in [0.15, 0.2) is 23.9 Å². The molecule has 1 aliphatic heterocycles. The molecular formula is C12H9Cl2FN2O3. The van der Waals surface area contributed by atoms with Crippen molar-refractivity contribution < 1.29 is 19.1 Å². The number of rotatable bonds is 4. The normalized spacial score (nSPS) is 14.8. The van der Waals surface area contributed by atoms with Crippen molar-refractivity contribution >= 4 is 40.7 Å². The van der Waals surface area contributed by atoms with Gasteiger partial charge in [0.05, 0.1) is 28.9 Å². The number of carbonyl (C=O) groups is 2. The summed E-state index contributed by atoms with van der Waals surface area (Å²) in [6.45, 7) is -0.447. The lowest BCUT2D eigenvalue weighted by molar-refractivity contribution is -0.137. The predicted molar refractivity (Wildman–Crippen MR) is 71.9 cm³/mol. The summed E-state index contributed by atoms with van der Waals surface area (Å²) >= 11 is 11.4. The van der Waals surface area contributed by atoms with Crippen molar-refractivity contribution in [1.82, 2.24) is 4.90 Å². The molecule has 2 rings (SSSR count). The Morgan fingerprint density at radius 3 is 2.60 bits per heavy atom. The molecule has 5 nitrogen and oxygen atoms in total. The number of hydrogen-bond donors (Lipinski definition) is 2. The third-order valence-electron chi connectivity index (χ3n) is 2.61. The van der Waals surface area contributed by atoms with Gasteiger partial charge in [0.25, 0.3) is 11.8 Å². The van der Waals surface area contributed by atoms with Crippen LogP contribution in [0.5, 0.6) is 0 Å². The Balaban J connectivity index is 2.23. The molecule has 20 heavy (non-hydrogen) atoms. The largest absolute Gasteiger partial charge is 0.395 e. The fraction of sp³-hybridized carbons (Fsp3) is 0.167. The van der Waals surface area contributed by atoms with Crippen molar-refractivity contribution in [1.29, 1.82) is 0 Å². The Kier molecular flexibility index (Phi) is 4.27. The summed E-state index contributed by atoms with van der Waals surface area (Å²) in [7, 11) is 0. The molecule has 0 radical (unpaired) electrons. The first-order chi connectivity index (χ1) is 9.43. The quantitative estimate of drug-likeness (QED) is 0.656. The van der Waals surface area contributed by atoms with E-state index in [1.165, 1.54) is 6.07 Å². The van der Waals surface area contributed by atoms with Gasteiger partial charge in [-0.25, -0.2) is 4.39 Å². The van der Waals surface area contributed by atoms with Gasteiger partial charge in [-0.2, -0.15) is 0 Å². The van der Waals surface area contributed by atoms with Crippen LogP contribution in [-0.4, -0.2) is 35.0 Å². The van der Waals surface area contributed by atoms with Gasteiger partial charge < -0.3 is 10.4 Å². The van der Waals surface area contributed by atoms with E-state index in [4.69, 9.17) is 28.3 Å². The van der Waals surface area contributed by atoms with Crippen LogP contribution in [0, 0.1) is 5.82 Å². The molecule has 1 aromatic carbocycles. The summed E-state index contributed by atoms with van der Waals surface area (Å²) in [6.07, 6.45) is 1.06. The average Bonchev–Trinajstić information content (AvgIpc) is 2.64. The van der Waals surface area contributed by atoms with Crippen LogP contribution in [0.3, 0.4) is 0 Å². The first kappa shape index (κ1) is 14.8. The summed E-state index contributed by atoms with van der Waals surface area (Å²) in [5.74, 6) is -1.88. The van der Waals surface area contributed by atoms with Crippen LogP contribution in [0.25, 0.3) is 0 Å². The molecule has 1 aliphatic rings. The van der Waals surface area contributed by atoms with Crippen molar-refractivity contribution in [2.75, 3.05) is 18.5 Å². The van der Waals surface area contributed by atoms with Crippen LogP contribution < -0.4 is 5.32 Å². The van der Waals surface area contributed by atoms with E-state index < -0.39 is 17.6 Å². The Hall–Kier alpha value is -1.63. The Labute approximate surface area is 123 Å². The molecule has 1 aromatic rings. The predicted octanol–water partition coefficient (Wildman–Crippen LogP) is 1.79. The van der Waals surface area contributed by atoms with Crippen LogP contribution >= 0.6 is 23.2 Å². The van der Waals surface area contributed by atoms with E-state index in [2.05, 4.69) is 5.32 Å². The highest BCUT2D eigenvalue weighted by molar-refractivity contribution is 6.36. The van der Waals surface area contributed by atoms with Crippen LogP contribution in [-0.2, 0) is 9.59 Å². The number of β-amino-alcohol motifs (C(OH)–C–C–N with tert-alkyl or cyclic N) is 1. The second-order valence-corrected chi connectivity index (χ2v) is 4.76. The lowest BCUT2D eigenvalue weighted by Gasteiger charge is -2.14. The summed E-state index contributed by atoms with van der Waals surface area (Å²) in [5.41, 5.74) is 0.0684. The summed E-state index contributed by atoms with van der Waals surface area (Å²) in [6, 6.07) is 2.21. The van der Waals surface area contributed by atoms with E-state index in [-0.39, 0.29) is 34.6 Å². The number of nitrogens with zero attached hydrogens (tertiary/aromatic N) is 1. The zero-order valence-electron chi connectivity index (χ0n) is 9.99. The second-order valence-electron chi connectivity index (χ2n) is 3.95. The van der Waals surface area contributed by atoms with E-state index in [0.717, 1.165) is 17.0 Å². The molecule has 2 amide bonds. The van der Waals surface area contributed by atoms with Gasteiger partial charge in [-0.15, -0.1) is 0 Å². The molecule has 0 spiro atoms. The summed E-state index contributed by atoms with van der Waals surface area (Å²) in [4.78, 5) is 24.3. The molecule has 0 aromatic heterocycles. The molecule has 0 aliphatic carbocycles. The lowest BCUT2D eigenvalue weighted by Crippen LogP contribution is -2.34. The molecular weight excluding hydrogens is 310 g/mol. The van der Waals surface area contributed by atoms with Gasteiger partial charge in [0.2, 0.25) is 0 Å². The molecule has 0 saturated carbocycles. The van der Waals surface area contributed by atoms with Crippen molar-refractivity contribution in [3.05, 3.63) is 39.8 Å². The molecule has 2 N–H and O–H groups in total. The van der Waals surface area contributed by atoms with E-state index in [9.17, 15) is 14.0 Å². The summed E-state index contributed by atoms with van der Waals surface area (Å²) < 4.78 is 13.4. The first-order valence-corrected chi connectivity index (χ1v) is 6.29. The van der Waals surface area contributed by atoms with Gasteiger partial charge in [-0.3, -0.25) is 14.5 Å². The highest BCUT2D eigenvalue weighted by Crippen LogP contribution is 2.30. The van der Waals surface area contributed by atoms with E-state index in [1.54, 1.807) is 0 Å². The maximum atomic E-state index is 13.4. The van der Waals surface area contributed by atoms with Gasteiger partial charge >= 0.3 is 0 Å². The fourth-order valence-corrected chi connectivity index (χ4v) is 2.10. The number of benzene rings is 1. The van der Waals surface area contributed by atoms with Gasteiger partial charge in [-0.1, -0.05) is 23.2 Å². The minimum Gasteiger partial charge on any atom is -0.395 e. The molecule has 8 heteroatoms. The number of hydrogen-bond acceptors (Lipinski definition) is 4. The van der Waals surface area contributed by atoms with E-state index in [1.807, 2.05) is 0 Å². The fourth-order valence-electron chi connectivity index (χ4n) is 1.67. The van der Waals surface area contributed by atoms with Crippen molar-refractivity contribution in [3.63, 3.8) is 0 Å². The second kappa shape index (κ2) is 5.78. The van der Waals surface area contributed by atoms with Crippen LogP contribution in [0.4, 0.5) is 10.1 Å². The summed E-state index contributed by atoms with van der Waals surface area (Å²) in [5, 5.41) is 11.3. The maximum Gasteiger partial charge on any atom is 0.277 e.